The van der Waals surface area contributed by atoms with Crippen LogP contribution in [0.25, 0.3) is 11.8 Å². The Hall–Kier alpha value is -3.41. The summed E-state index contributed by atoms with van der Waals surface area (Å²) >= 11 is 0. The van der Waals surface area contributed by atoms with Crippen molar-refractivity contribution in [1.29, 1.82) is 0 Å². The summed E-state index contributed by atoms with van der Waals surface area (Å²) in [6, 6.07) is 14.3. The predicted octanol–water partition coefficient (Wildman–Crippen LogP) is 3.69. The first-order valence-corrected chi connectivity index (χ1v) is 8.42. The number of nitrogens with zero attached hydrogens (tertiary/aromatic N) is 3. The second kappa shape index (κ2) is 8.31. The van der Waals surface area contributed by atoms with Crippen molar-refractivity contribution in [2.75, 3.05) is 14.2 Å². The van der Waals surface area contributed by atoms with Gasteiger partial charge in [0.05, 0.1) is 19.0 Å². The van der Waals surface area contributed by atoms with Crippen LogP contribution in [-0.4, -0.2) is 34.7 Å². The van der Waals surface area contributed by atoms with Crippen LogP contribution in [0.3, 0.4) is 0 Å². The Balaban J connectivity index is 1.62. The summed E-state index contributed by atoms with van der Waals surface area (Å²) in [4.78, 5) is 13.9. The lowest BCUT2D eigenvalue weighted by Gasteiger charge is -2.13. The van der Waals surface area contributed by atoms with Crippen molar-refractivity contribution >= 4 is 12.0 Å². The van der Waals surface area contributed by atoms with E-state index in [9.17, 15) is 9.18 Å². The number of para-hydroxylation sites is 1. The van der Waals surface area contributed by atoms with Crippen molar-refractivity contribution in [2.45, 2.75) is 6.54 Å². The lowest BCUT2D eigenvalue weighted by molar-refractivity contribution is -0.125. The molecule has 2 aromatic carbocycles. The minimum absolute atomic E-state index is 0.172. The lowest BCUT2D eigenvalue weighted by atomic mass is 10.2. The van der Waals surface area contributed by atoms with Crippen LogP contribution in [0.15, 0.2) is 67.0 Å². The molecule has 0 N–H and O–H groups in total. The monoisotopic (exact) mass is 365 g/mol. The molecule has 138 valence electrons. The number of benzene rings is 2. The van der Waals surface area contributed by atoms with Crippen molar-refractivity contribution in [2.24, 2.45) is 0 Å². The Morgan fingerprint density at radius 1 is 1.26 bits per heavy atom. The van der Waals surface area contributed by atoms with E-state index in [1.807, 2.05) is 36.5 Å². The van der Waals surface area contributed by atoms with E-state index in [-0.39, 0.29) is 11.7 Å². The summed E-state index contributed by atoms with van der Waals surface area (Å²) in [6.07, 6.45) is 6.62. The van der Waals surface area contributed by atoms with Crippen LogP contribution in [0.2, 0.25) is 0 Å². The molecular formula is C21H20FN3O2. The Kier molecular flexibility index (Phi) is 5.66. The number of hydrogen-bond donors (Lipinski definition) is 0. The number of halogens is 1. The minimum atomic E-state index is -0.464. The Morgan fingerprint density at radius 2 is 2.04 bits per heavy atom. The van der Waals surface area contributed by atoms with Gasteiger partial charge < -0.3 is 9.64 Å². The fraction of sp³-hybridized carbons (Fsp3) is 0.143. The maximum Gasteiger partial charge on any atom is 0.246 e. The molecule has 0 spiro atoms. The summed E-state index contributed by atoms with van der Waals surface area (Å²) < 4.78 is 20.3. The van der Waals surface area contributed by atoms with Crippen molar-refractivity contribution in [3.8, 4) is 11.4 Å². The fourth-order valence-corrected chi connectivity index (χ4v) is 2.60. The van der Waals surface area contributed by atoms with Crippen molar-refractivity contribution in [3.63, 3.8) is 0 Å². The van der Waals surface area contributed by atoms with Crippen LogP contribution in [0.5, 0.6) is 5.75 Å². The second-order valence-electron chi connectivity index (χ2n) is 6.05. The van der Waals surface area contributed by atoms with Crippen molar-refractivity contribution in [1.82, 2.24) is 14.7 Å². The molecule has 1 aromatic heterocycles. The average Bonchev–Trinajstić information content (AvgIpc) is 3.15. The quantitative estimate of drug-likeness (QED) is 0.626. The molecule has 1 amide bonds. The molecule has 0 bridgehead atoms. The third-order valence-electron chi connectivity index (χ3n) is 4.05. The number of likely N-dealkylation sites (N-methyl/N-ethyl adjacent to an activating group) is 1. The molecule has 5 nitrogen and oxygen atoms in total. The molecule has 3 rings (SSSR count). The zero-order chi connectivity index (χ0) is 19.2. The number of rotatable bonds is 6. The van der Waals surface area contributed by atoms with Gasteiger partial charge in [0, 0.05) is 31.4 Å². The molecule has 6 heteroatoms. The summed E-state index contributed by atoms with van der Waals surface area (Å²) in [5.74, 6) is -0.474. The number of ether oxygens (including phenoxy) is 1. The Bertz CT molecular complexity index is 951. The highest BCUT2D eigenvalue weighted by molar-refractivity contribution is 5.91. The molecule has 0 unspecified atom stereocenters. The largest absolute Gasteiger partial charge is 0.494 e. The highest BCUT2D eigenvalue weighted by Gasteiger charge is 2.09. The van der Waals surface area contributed by atoms with Crippen LogP contribution in [0.4, 0.5) is 4.39 Å². The maximum atomic E-state index is 13.7. The molecule has 0 aliphatic heterocycles. The first-order chi connectivity index (χ1) is 13.1. The number of amides is 1. The van der Waals surface area contributed by atoms with Gasteiger partial charge in [0.1, 0.15) is 0 Å². The van der Waals surface area contributed by atoms with E-state index in [0.717, 1.165) is 11.3 Å². The maximum absolute atomic E-state index is 13.7. The van der Waals surface area contributed by atoms with Crippen molar-refractivity contribution < 1.29 is 13.9 Å². The number of carbonyl (C=O) groups excluding carboxylic acids is 1. The first-order valence-electron chi connectivity index (χ1n) is 8.42. The molecule has 3 aromatic rings. The van der Waals surface area contributed by atoms with Gasteiger partial charge in [0.15, 0.2) is 11.6 Å². The molecular weight excluding hydrogens is 345 g/mol. The van der Waals surface area contributed by atoms with Gasteiger partial charge >= 0.3 is 0 Å². The van der Waals surface area contributed by atoms with E-state index in [1.54, 1.807) is 35.0 Å². The normalized spacial score (nSPS) is 10.9. The fourth-order valence-electron chi connectivity index (χ4n) is 2.60. The van der Waals surface area contributed by atoms with Gasteiger partial charge in [0.25, 0.3) is 0 Å². The number of carbonyl (C=O) groups is 1. The van der Waals surface area contributed by atoms with Gasteiger partial charge in [-0.1, -0.05) is 24.3 Å². The van der Waals surface area contributed by atoms with E-state index >= 15 is 0 Å². The molecule has 0 fully saturated rings. The topological polar surface area (TPSA) is 47.4 Å². The summed E-state index contributed by atoms with van der Waals surface area (Å²) in [7, 11) is 3.12. The Labute approximate surface area is 157 Å². The lowest BCUT2D eigenvalue weighted by Crippen LogP contribution is -2.23. The minimum Gasteiger partial charge on any atom is -0.494 e. The predicted molar refractivity (Wildman–Crippen MR) is 102 cm³/mol. The molecule has 0 atom stereocenters. The van der Waals surface area contributed by atoms with Gasteiger partial charge in [-0.25, -0.2) is 9.07 Å². The van der Waals surface area contributed by atoms with Crippen LogP contribution >= 0.6 is 0 Å². The second-order valence-corrected chi connectivity index (χ2v) is 6.05. The molecule has 27 heavy (non-hydrogen) atoms. The summed E-state index contributed by atoms with van der Waals surface area (Å²) in [5, 5.41) is 4.33. The van der Waals surface area contributed by atoms with Crippen LogP contribution in [-0.2, 0) is 11.3 Å². The summed E-state index contributed by atoms with van der Waals surface area (Å²) in [6.45, 7) is 0.424. The summed E-state index contributed by atoms with van der Waals surface area (Å²) in [5.41, 5.74) is 2.46. The molecule has 0 aliphatic rings. The van der Waals surface area contributed by atoms with E-state index in [2.05, 4.69) is 5.10 Å². The van der Waals surface area contributed by atoms with Crippen LogP contribution in [0.1, 0.15) is 11.1 Å². The third kappa shape index (κ3) is 4.61. The highest BCUT2D eigenvalue weighted by Crippen LogP contribution is 2.18. The van der Waals surface area contributed by atoms with E-state index < -0.39 is 5.82 Å². The number of aromatic nitrogens is 2. The van der Waals surface area contributed by atoms with E-state index in [4.69, 9.17) is 4.74 Å². The van der Waals surface area contributed by atoms with E-state index in [1.165, 1.54) is 25.3 Å². The molecule has 1 heterocycles. The van der Waals surface area contributed by atoms with Gasteiger partial charge in [-0.05, 0) is 35.9 Å². The van der Waals surface area contributed by atoms with Crippen molar-refractivity contribution in [3.05, 3.63) is 83.9 Å². The molecule has 0 saturated heterocycles. The number of methoxy groups -OCH3 is 1. The first kappa shape index (κ1) is 18.4. The highest BCUT2D eigenvalue weighted by atomic mass is 19.1. The van der Waals surface area contributed by atoms with Gasteiger partial charge in [0.2, 0.25) is 5.91 Å². The van der Waals surface area contributed by atoms with Gasteiger partial charge in [-0.15, -0.1) is 0 Å². The van der Waals surface area contributed by atoms with E-state index in [0.29, 0.717) is 12.1 Å². The average molecular weight is 365 g/mol. The SMILES string of the molecule is COc1ccc(/C=C/C(=O)N(C)Cc2cnn(-c3ccccc3)c2)cc1F. The zero-order valence-electron chi connectivity index (χ0n) is 15.2. The standard InChI is InChI=1S/C21H20FN3O2/c1-24(14-17-13-23-25(15-17)18-6-4-3-5-7-18)21(26)11-9-16-8-10-20(27-2)19(22)12-16/h3-13,15H,14H2,1-2H3/b11-9+. The molecule has 0 saturated carbocycles. The molecule has 0 aliphatic carbocycles. The van der Waals surface area contributed by atoms with Gasteiger partial charge in [-0.2, -0.15) is 5.10 Å². The zero-order valence-corrected chi connectivity index (χ0v) is 15.2. The third-order valence-corrected chi connectivity index (χ3v) is 4.05. The van der Waals surface area contributed by atoms with Gasteiger partial charge in [-0.3, -0.25) is 4.79 Å². The number of hydrogen-bond acceptors (Lipinski definition) is 3. The molecule has 0 radical (unpaired) electrons. The smallest absolute Gasteiger partial charge is 0.246 e. The van der Waals surface area contributed by atoms with Crippen LogP contribution in [0, 0.1) is 5.82 Å². The Morgan fingerprint density at radius 3 is 2.74 bits per heavy atom. The van der Waals surface area contributed by atoms with Crippen LogP contribution < -0.4 is 4.74 Å².